The summed E-state index contributed by atoms with van der Waals surface area (Å²) in [5, 5.41) is 24.7. The summed E-state index contributed by atoms with van der Waals surface area (Å²) in [6.07, 6.45) is -1.13. The molecule has 0 heterocycles. The zero-order chi connectivity index (χ0) is 30.1. The zero-order valence-electron chi connectivity index (χ0n) is 21.2. The second kappa shape index (κ2) is 17.7. The number of amides is 4. The maximum absolute atomic E-state index is 12.9. The number of guanidine groups is 2. The summed E-state index contributed by atoms with van der Waals surface area (Å²) in [6.45, 7) is 0.236. The average Bonchev–Trinajstić information content (AvgIpc) is 2.81. The minimum absolute atomic E-state index is 0.0373. The van der Waals surface area contributed by atoms with E-state index in [1.54, 1.807) is 0 Å². The molecule has 0 radical (unpaired) electrons. The lowest BCUT2D eigenvalue weighted by atomic mass is 10.1. The number of carboxylic acids is 2. The van der Waals surface area contributed by atoms with Crippen LogP contribution < -0.4 is 50.4 Å². The fraction of sp³-hybridized carbons (Fsp3) is 0.600. The van der Waals surface area contributed by atoms with Crippen molar-refractivity contribution in [2.24, 2.45) is 44.4 Å². The molecule has 0 aliphatic rings. The molecule has 0 rings (SSSR count). The van der Waals surface area contributed by atoms with Gasteiger partial charge in [-0.1, -0.05) is 0 Å². The molecule has 0 aliphatic heterocycles. The van der Waals surface area contributed by atoms with Crippen molar-refractivity contribution in [2.75, 3.05) is 13.1 Å². The first-order valence-corrected chi connectivity index (χ1v) is 11.6. The van der Waals surface area contributed by atoms with Crippen LogP contribution in [-0.2, 0) is 28.8 Å². The molecule has 4 atom stereocenters. The summed E-state index contributed by atoms with van der Waals surface area (Å²) in [5.41, 5.74) is 31.9. The summed E-state index contributed by atoms with van der Waals surface area (Å²) in [6, 6.07) is -5.87. The number of nitrogens with two attached hydrogens (primary N) is 6. The van der Waals surface area contributed by atoms with Crippen molar-refractivity contribution in [1.29, 1.82) is 0 Å². The van der Waals surface area contributed by atoms with Gasteiger partial charge in [-0.3, -0.25) is 34.0 Å². The number of aliphatic imine (C=N–C) groups is 2. The largest absolute Gasteiger partial charge is 0.481 e. The van der Waals surface area contributed by atoms with E-state index in [2.05, 4.69) is 20.6 Å². The molecule has 19 heteroatoms. The smallest absolute Gasteiger partial charge is 0.326 e. The number of aliphatic carboxylic acids is 2. The third kappa shape index (κ3) is 15.9. The number of hydrogen-bond donors (Lipinski definition) is 11. The number of carboxylic acid groups (broad SMARTS) is 2. The maximum atomic E-state index is 12.9. The summed E-state index contributed by atoms with van der Waals surface area (Å²) in [7, 11) is 0. The highest BCUT2D eigenvalue weighted by molar-refractivity contribution is 5.96. The van der Waals surface area contributed by atoms with E-state index < -0.39 is 72.6 Å². The Bertz CT molecular complexity index is 948. The molecule has 0 aromatic heterocycles. The number of hydrogen-bond acceptors (Lipinski definition) is 9. The minimum Gasteiger partial charge on any atom is -0.481 e. The highest BCUT2D eigenvalue weighted by Crippen LogP contribution is 2.04. The molecule has 220 valence electrons. The Morgan fingerprint density at radius 3 is 1.56 bits per heavy atom. The Kier molecular flexibility index (Phi) is 15.6. The van der Waals surface area contributed by atoms with E-state index >= 15 is 0 Å². The molecule has 4 amide bonds. The van der Waals surface area contributed by atoms with Crippen LogP contribution in [-0.4, -0.2) is 95.0 Å². The lowest BCUT2D eigenvalue weighted by Crippen LogP contribution is -2.57. The third-order valence-corrected chi connectivity index (χ3v) is 4.91. The molecule has 0 aromatic rings. The van der Waals surface area contributed by atoms with E-state index in [0.29, 0.717) is 6.42 Å². The van der Waals surface area contributed by atoms with Crippen LogP contribution in [0.15, 0.2) is 9.98 Å². The van der Waals surface area contributed by atoms with E-state index in [1.807, 2.05) is 5.32 Å². The van der Waals surface area contributed by atoms with E-state index in [-0.39, 0.29) is 44.3 Å². The molecular weight excluding hydrogens is 522 g/mol. The molecule has 19 nitrogen and oxygen atoms in total. The molecule has 39 heavy (non-hydrogen) atoms. The van der Waals surface area contributed by atoms with Crippen LogP contribution in [0.25, 0.3) is 0 Å². The normalized spacial score (nSPS) is 13.5. The van der Waals surface area contributed by atoms with Crippen molar-refractivity contribution in [3.05, 3.63) is 0 Å². The lowest BCUT2D eigenvalue weighted by molar-refractivity contribution is -0.147. The monoisotopic (exact) mass is 559 g/mol. The second-order valence-corrected chi connectivity index (χ2v) is 8.29. The molecule has 0 aromatic carbocycles. The molecule has 0 saturated heterocycles. The number of nitrogens with one attached hydrogen (secondary N) is 3. The lowest BCUT2D eigenvalue weighted by Gasteiger charge is -2.24. The van der Waals surface area contributed by atoms with Gasteiger partial charge in [0.2, 0.25) is 23.6 Å². The second-order valence-electron chi connectivity index (χ2n) is 8.29. The Morgan fingerprint density at radius 1 is 0.641 bits per heavy atom. The van der Waals surface area contributed by atoms with Crippen LogP contribution in [0.5, 0.6) is 0 Å². The first kappa shape index (κ1) is 34.3. The van der Waals surface area contributed by atoms with Gasteiger partial charge < -0.3 is 60.6 Å². The standard InChI is InChI=1S/C20H37N11O8/c21-9(3-1-5-27-19(23)24)15(35)30-11(7-13(22)32)17(37)29-10(4-2-6-28-20(25)26)16(36)31-12(18(38)39)8-14(33)34/h9-12H,1-8,21H2,(H2,22,32)(H,29,37)(H,30,35)(H,31,36)(H,33,34)(H,38,39)(H4,23,24,27)(H4,25,26,28). The summed E-state index contributed by atoms with van der Waals surface area (Å²) < 4.78 is 0. The number of rotatable bonds is 19. The van der Waals surface area contributed by atoms with Gasteiger partial charge in [0.15, 0.2) is 11.9 Å². The first-order chi connectivity index (χ1) is 18.1. The molecule has 0 bridgehead atoms. The highest BCUT2D eigenvalue weighted by Gasteiger charge is 2.31. The zero-order valence-corrected chi connectivity index (χ0v) is 21.2. The summed E-state index contributed by atoms with van der Waals surface area (Å²) >= 11 is 0. The van der Waals surface area contributed by atoms with Crippen LogP contribution in [0.3, 0.4) is 0 Å². The van der Waals surface area contributed by atoms with Gasteiger partial charge in [-0.25, -0.2) is 4.79 Å². The van der Waals surface area contributed by atoms with Crippen molar-refractivity contribution in [2.45, 2.75) is 62.7 Å². The third-order valence-electron chi connectivity index (χ3n) is 4.91. The Balaban J connectivity index is 5.60. The molecule has 0 saturated carbocycles. The van der Waals surface area contributed by atoms with Gasteiger partial charge in [0.1, 0.15) is 18.1 Å². The molecule has 0 fully saturated rings. The molecule has 4 unspecified atom stereocenters. The van der Waals surface area contributed by atoms with E-state index in [0.717, 1.165) is 0 Å². The van der Waals surface area contributed by atoms with Gasteiger partial charge >= 0.3 is 11.9 Å². The SMILES string of the molecule is NC(=O)CC(NC(=O)C(N)CCCN=C(N)N)C(=O)NC(CCCN=C(N)N)C(=O)NC(CC(=O)O)C(=O)O. The van der Waals surface area contributed by atoms with Gasteiger partial charge in [-0.15, -0.1) is 0 Å². The number of primary amides is 1. The first-order valence-electron chi connectivity index (χ1n) is 11.6. The molecule has 0 spiro atoms. The van der Waals surface area contributed by atoms with Gasteiger partial charge in [0.05, 0.1) is 18.9 Å². The number of nitrogens with zero attached hydrogens (tertiary/aromatic N) is 2. The molecule has 17 N–H and O–H groups in total. The van der Waals surface area contributed by atoms with Crippen LogP contribution in [0.4, 0.5) is 0 Å². The van der Waals surface area contributed by atoms with Gasteiger partial charge in [-0.2, -0.15) is 0 Å². The van der Waals surface area contributed by atoms with Crippen LogP contribution in [0, 0.1) is 0 Å². The fourth-order valence-corrected chi connectivity index (χ4v) is 3.03. The Hall–Kier alpha value is -4.68. The van der Waals surface area contributed by atoms with Gasteiger partial charge in [0, 0.05) is 13.1 Å². The predicted octanol–water partition coefficient (Wildman–Crippen LogP) is -5.69. The molecular formula is C20H37N11O8. The molecule has 0 aliphatic carbocycles. The Labute approximate surface area is 223 Å². The number of carbonyl (C=O) groups is 6. The van der Waals surface area contributed by atoms with E-state index in [1.165, 1.54) is 0 Å². The van der Waals surface area contributed by atoms with Gasteiger partial charge in [0.25, 0.3) is 0 Å². The topological polar surface area (TPSA) is 360 Å². The highest BCUT2D eigenvalue weighted by atomic mass is 16.4. The van der Waals surface area contributed by atoms with Gasteiger partial charge in [-0.05, 0) is 25.7 Å². The summed E-state index contributed by atoms with van der Waals surface area (Å²) in [4.78, 5) is 79.5. The van der Waals surface area contributed by atoms with E-state index in [9.17, 15) is 33.9 Å². The van der Waals surface area contributed by atoms with Crippen molar-refractivity contribution in [3.63, 3.8) is 0 Å². The Morgan fingerprint density at radius 2 is 1.10 bits per heavy atom. The van der Waals surface area contributed by atoms with Crippen molar-refractivity contribution >= 4 is 47.5 Å². The summed E-state index contributed by atoms with van der Waals surface area (Å²) in [5.74, 6) is -7.30. The van der Waals surface area contributed by atoms with Crippen molar-refractivity contribution in [3.8, 4) is 0 Å². The maximum Gasteiger partial charge on any atom is 0.326 e. The van der Waals surface area contributed by atoms with Crippen LogP contribution >= 0.6 is 0 Å². The van der Waals surface area contributed by atoms with E-state index in [4.69, 9.17) is 39.5 Å². The minimum atomic E-state index is -1.80. The van der Waals surface area contributed by atoms with Crippen LogP contribution in [0.1, 0.15) is 38.5 Å². The average molecular weight is 560 g/mol. The van der Waals surface area contributed by atoms with Crippen molar-refractivity contribution < 1.29 is 39.0 Å². The fourth-order valence-electron chi connectivity index (χ4n) is 3.03. The van der Waals surface area contributed by atoms with Crippen LogP contribution in [0.2, 0.25) is 0 Å². The van der Waals surface area contributed by atoms with Crippen molar-refractivity contribution in [1.82, 2.24) is 16.0 Å². The quantitative estimate of drug-likeness (QED) is 0.0399. The predicted molar refractivity (Wildman–Crippen MR) is 137 cm³/mol. The number of carbonyl (C=O) groups excluding carboxylic acids is 4.